The highest BCUT2D eigenvalue weighted by Gasteiger charge is 2.28. The maximum absolute atomic E-state index is 12.1. The van der Waals surface area contributed by atoms with Crippen LogP contribution in [0, 0.1) is 0 Å². The summed E-state index contributed by atoms with van der Waals surface area (Å²) in [6, 6.07) is 11.9. The average Bonchev–Trinajstić information content (AvgIpc) is 2.93. The first-order valence-electron chi connectivity index (χ1n) is 8.23. The Morgan fingerprint density at radius 3 is 2.50 bits per heavy atom. The molecule has 2 aromatic carbocycles. The summed E-state index contributed by atoms with van der Waals surface area (Å²) in [7, 11) is 3.19. The summed E-state index contributed by atoms with van der Waals surface area (Å²) >= 11 is 6.39. The molecule has 0 radical (unpaired) electrons. The molecule has 0 bridgehead atoms. The van der Waals surface area contributed by atoms with Crippen molar-refractivity contribution in [3.05, 3.63) is 64.1 Å². The van der Waals surface area contributed by atoms with Gasteiger partial charge in [0.05, 0.1) is 17.6 Å². The number of ether oxygens (including phenoxy) is 2. The van der Waals surface area contributed by atoms with Gasteiger partial charge in [0.2, 0.25) is 0 Å². The molecule has 28 heavy (non-hydrogen) atoms. The molecule has 0 unspecified atom stereocenters. The Bertz CT molecular complexity index is 969. The number of carboxylic acid groups (broad SMARTS) is 1. The Hall–Kier alpha value is -2.84. The van der Waals surface area contributed by atoms with Crippen LogP contribution < -0.4 is 9.47 Å². The molecule has 0 aromatic heterocycles. The van der Waals surface area contributed by atoms with Gasteiger partial charge in [0.25, 0.3) is 5.91 Å². The summed E-state index contributed by atoms with van der Waals surface area (Å²) < 4.78 is 11.7. The Labute approximate surface area is 171 Å². The summed E-state index contributed by atoms with van der Waals surface area (Å²) in [5, 5.41) is 8.94. The number of thioether (sulfide) groups is 1. The zero-order valence-electron chi connectivity index (χ0n) is 15.2. The number of carbonyl (C=O) groups excluding carboxylic acids is 1. The van der Waals surface area contributed by atoms with Gasteiger partial charge in [0.15, 0.2) is 11.5 Å². The van der Waals surface area contributed by atoms with Crippen LogP contribution in [0.1, 0.15) is 21.5 Å². The Kier molecular flexibility index (Phi) is 6.01. The maximum Gasteiger partial charge on any atom is 0.335 e. The molecule has 0 atom stereocenters. The maximum atomic E-state index is 12.1. The van der Waals surface area contributed by atoms with Gasteiger partial charge < -0.3 is 14.6 Å². The van der Waals surface area contributed by atoms with E-state index in [1.807, 2.05) is 6.07 Å². The van der Waals surface area contributed by atoms with Crippen LogP contribution in [0.5, 0.6) is 11.5 Å². The van der Waals surface area contributed by atoms with Gasteiger partial charge in [0.1, 0.15) is 10.9 Å². The largest absolute Gasteiger partial charge is 0.493 e. The molecular weight excluding hydrogens is 398 g/mol. The molecule has 1 N–H and O–H groups in total. The van der Waals surface area contributed by atoms with E-state index in [-0.39, 0.29) is 18.1 Å². The Morgan fingerprint density at radius 1 is 1.21 bits per heavy atom. The lowest BCUT2D eigenvalue weighted by Crippen LogP contribution is -2.22. The van der Waals surface area contributed by atoms with Crippen molar-refractivity contribution in [3.63, 3.8) is 0 Å². The Balaban J connectivity index is 1.74. The number of likely N-dealkylation sites (N-methyl/N-ethyl adjacent to an activating group) is 1. The van der Waals surface area contributed by atoms with Crippen LogP contribution in [0.2, 0.25) is 0 Å². The molecule has 0 spiro atoms. The van der Waals surface area contributed by atoms with E-state index in [1.165, 1.54) is 28.8 Å². The second-order valence-electron chi connectivity index (χ2n) is 5.94. The molecule has 1 heterocycles. The quantitative estimate of drug-likeness (QED) is 0.568. The summed E-state index contributed by atoms with van der Waals surface area (Å²) in [5.41, 5.74) is 1.86. The molecule has 0 aliphatic carbocycles. The SMILES string of the molecule is COc1cc(/C=C2/SC(=S)N(C)C2=O)ccc1OCc1ccc(C(=O)O)cc1. The highest BCUT2D eigenvalue weighted by Crippen LogP contribution is 2.34. The van der Waals surface area contributed by atoms with Crippen molar-refractivity contribution in [2.75, 3.05) is 14.2 Å². The number of hydrogen-bond acceptors (Lipinski definition) is 6. The van der Waals surface area contributed by atoms with Crippen LogP contribution in [-0.4, -0.2) is 40.4 Å². The third kappa shape index (κ3) is 4.35. The van der Waals surface area contributed by atoms with E-state index in [9.17, 15) is 9.59 Å². The van der Waals surface area contributed by atoms with Crippen molar-refractivity contribution < 1.29 is 24.2 Å². The van der Waals surface area contributed by atoms with Crippen molar-refractivity contribution in [2.24, 2.45) is 0 Å². The molecule has 144 valence electrons. The van der Waals surface area contributed by atoms with Crippen LogP contribution in [-0.2, 0) is 11.4 Å². The highest BCUT2D eigenvalue weighted by atomic mass is 32.2. The van der Waals surface area contributed by atoms with Crippen molar-refractivity contribution in [3.8, 4) is 11.5 Å². The van der Waals surface area contributed by atoms with Gasteiger partial charge in [-0.15, -0.1) is 0 Å². The number of thiocarbonyl (C=S) groups is 1. The van der Waals surface area contributed by atoms with Gasteiger partial charge in [-0.1, -0.05) is 42.2 Å². The topological polar surface area (TPSA) is 76.1 Å². The minimum absolute atomic E-state index is 0.126. The summed E-state index contributed by atoms with van der Waals surface area (Å²) in [6.07, 6.45) is 1.76. The monoisotopic (exact) mass is 415 g/mol. The number of amides is 1. The normalized spacial score (nSPS) is 15.2. The molecule has 1 aliphatic heterocycles. The van der Waals surface area contributed by atoms with E-state index in [2.05, 4.69) is 0 Å². The van der Waals surface area contributed by atoms with Gasteiger partial charge in [0, 0.05) is 7.05 Å². The number of nitrogens with zero attached hydrogens (tertiary/aromatic N) is 1. The molecule has 1 fully saturated rings. The second-order valence-corrected chi connectivity index (χ2v) is 7.62. The van der Waals surface area contributed by atoms with E-state index in [4.69, 9.17) is 26.8 Å². The van der Waals surface area contributed by atoms with E-state index >= 15 is 0 Å². The summed E-state index contributed by atoms with van der Waals surface area (Å²) in [4.78, 5) is 25.0. The predicted octanol–water partition coefficient (Wildman–Crippen LogP) is 3.80. The van der Waals surface area contributed by atoms with Crippen LogP contribution in [0.3, 0.4) is 0 Å². The van der Waals surface area contributed by atoms with Crippen LogP contribution >= 0.6 is 24.0 Å². The molecule has 0 saturated carbocycles. The average molecular weight is 415 g/mol. The molecular formula is C20H17NO5S2. The van der Waals surface area contributed by atoms with E-state index in [0.717, 1.165) is 11.1 Å². The van der Waals surface area contributed by atoms with Crippen LogP contribution in [0.15, 0.2) is 47.4 Å². The van der Waals surface area contributed by atoms with Gasteiger partial charge in [-0.25, -0.2) is 4.79 Å². The molecule has 6 nitrogen and oxygen atoms in total. The van der Waals surface area contributed by atoms with Crippen molar-refractivity contribution in [2.45, 2.75) is 6.61 Å². The molecule has 1 saturated heterocycles. The molecule has 2 aromatic rings. The number of methoxy groups -OCH3 is 1. The fourth-order valence-corrected chi connectivity index (χ4v) is 3.67. The number of hydrogen-bond donors (Lipinski definition) is 1. The minimum Gasteiger partial charge on any atom is -0.493 e. The second kappa shape index (κ2) is 8.45. The lowest BCUT2D eigenvalue weighted by atomic mass is 10.1. The zero-order chi connectivity index (χ0) is 20.3. The predicted molar refractivity (Wildman–Crippen MR) is 112 cm³/mol. The third-order valence-electron chi connectivity index (χ3n) is 4.07. The van der Waals surface area contributed by atoms with Crippen LogP contribution in [0.25, 0.3) is 6.08 Å². The molecule has 8 heteroatoms. The zero-order valence-corrected chi connectivity index (χ0v) is 16.8. The lowest BCUT2D eigenvalue weighted by molar-refractivity contribution is -0.121. The van der Waals surface area contributed by atoms with Crippen molar-refractivity contribution >= 4 is 46.3 Å². The first-order valence-corrected chi connectivity index (χ1v) is 9.46. The van der Waals surface area contributed by atoms with E-state index in [0.29, 0.717) is 20.7 Å². The van der Waals surface area contributed by atoms with E-state index in [1.54, 1.807) is 44.5 Å². The van der Waals surface area contributed by atoms with Crippen molar-refractivity contribution in [1.29, 1.82) is 0 Å². The molecule has 1 aliphatic rings. The minimum atomic E-state index is -0.968. The number of aromatic carboxylic acids is 1. The number of carbonyl (C=O) groups is 2. The molecule has 3 rings (SSSR count). The smallest absolute Gasteiger partial charge is 0.335 e. The first-order chi connectivity index (χ1) is 13.4. The van der Waals surface area contributed by atoms with Gasteiger partial charge in [-0.2, -0.15) is 0 Å². The lowest BCUT2D eigenvalue weighted by Gasteiger charge is -2.12. The van der Waals surface area contributed by atoms with Gasteiger partial charge in [-0.05, 0) is 41.5 Å². The third-order valence-corrected chi connectivity index (χ3v) is 5.55. The van der Waals surface area contributed by atoms with Crippen molar-refractivity contribution in [1.82, 2.24) is 4.90 Å². The fourth-order valence-electron chi connectivity index (χ4n) is 2.49. The van der Waals surface area contributed by atoms with E-state index < -0.39 is 5.97 Å². The number of rotatable bonds is 6. The number of benzene rings is 2. The summed E-state index contributed by atoms with van der Waals surface area (Å²) in [5.74, 6) is -0.0169. The fraction of sp³-hybridized carbons (Fsp3) is 0.150. The molecule has 1 amide bonds. The van der Waals surface area contributed by atoms with Gasteiger partial charge >= 0.3 is 5.97 Å². The standard InChI is InChI=1S/C20H17NO5S2/c1-21-18(22)17(28-20(21)27)10-13-5-8-15(16(9-13)25-2)26-11-12-3-6-14(7-4-12)19(23)24/h3-10H,11H2,1-2H3,(H,23,24)/b17-10+. The summed E-state index contributed by atoms with van der Waals surface area (Å²) in [6.45, 7) is 0.268. The van der Waals surface area contributed by atoms with Crippen LogP contribution in [0.4, 0.5) is 0 Å². The van der Waals surface area contributed by atoms with Gasteiger partial charge in [-0.3, -0.25) is 9.69 Å². The number of carboxylic acids is 1. The highest BCUT2D eigenvalue weighted by molar-refractivity contribution is 8.26. The Morgan fingerprint density at radius 2 is 1.93 bits per heavy atom. The first kappa shape index (κ1) is 19.9.